The molecule has 0 spiro atoms. The number of halogens is 2. The molecule has 0 fully saturated rings. The fraction of sp³-hybridized carbons (Fsp3) is 0.0213. The molecular formula is C47H29F2NO. The van der Waals surface area contributed by atoms with Crippen LogP contribution >= 0.6 is 0 Å². The van der Waals surface area contributed by atoms with Crippen LogP contribution in [0, 0.1) is 11.6 Å². The Morgan fingerprint density at radius 1 is 0.471 bits per heavy atom. The highest BCUT2D eigenvalue weighted by Crippen LogP contribution is 2.59. The van der Waals surface area contributed by atoms with E-state index in [1.807, 2.05) is 72.8 Å². The summed E-state index contributed by atoms with van der Waals surface area (Å²) < 4.78 is 35.6. The minimum atomic E-state index is -0.872. The normalized spacial score (nSPS) is 13.1. The largest absolute Gasteiger partial charge is 0.456 e. The van der Waals surface area contributed by atoms with Crippen molar-refractivity contribution >= 4 is 49.8 Å². The number of para-hydroxylation sites is 2. The van der Waals surface area contributed by atoms with Crippen LogP contribution in [0.4, 0.5) is 25.8 Å². The lowest BCUT2D eigenvalue weighted by Crippen LogP contribution is -2.29. The molecule has 0 N–H and O–H groups in total. The lowest BCUT2D eigenvalue weighted by atomic mass is 9.67. The zero-order valence-electron chi connectivity index (χ0n) is 27.4. The third-order valence-corrected chi connectivity index (χ3v) is 10.5. The van der Waals surface area contributed by atoms with E-state index >= 15 is 0 Å². The molecule has 0 amide bonds. The first kappa shape index (κ1) is 29.4. The second kappa shape index (κ2) is 11.3. The Kier molecular flexibility index (Phi) is 6.49. The van der Waals surface area contributed by atoms with Crippen LogP contribution in [0.2, 0.25) is 0 Å². The van der Waals surface area contributed by atoms with Crippen LogP contribution in [-0.4, -0.2) is 0 Å². The van der Waals surface area contributed by atoms with Crippen LogP contribution in [0.25, 0.3) is 43.8 Å². The van der Waals surface area contributed by atoms with Gasteiger partial charge in [0.05, 0.1) is 16.5 Å². The summed E-state index contributed by atoms with van der Waals surface area (Å²) >= 11 is 0. The molecular weight excluding hydrogens is 633 g/mol. The number of nitrogens with zero attached hydrogens (tertiary/aromatic N) is 1. The number of benzene rings is 8. The quantitative estimate of drug-likeness (QED) is 0.183. The molecule has 2 nitrogen and oxygen atoms in total. The number of hydrogen-bond donors (Lipinski definition) is 0. The summed E-state index contributed by atoms with van der Waals surface area (Å²) in [4.78, 5) is 2.28. The molecule has 1 aliphatic rings. The van der Waals surface area contributed by atoms with Gasteiger partial charge in [0.15, 0.2) is 0 Å². The second-order valence-electron chi connectivity index (χ2n) is 13.1. The van der Waals surface area contributed by atoms with Crippen molar-refractivity contribution in [3.05, 3.63) is 210 Å². The molecule has 9 aromatic rings. The maximum absolute atomic E-state index is 14.6. The van der Waals surface area contributed by atoms with Crippen molar-refractivity contribution in [1.29, 1.82) is 0 Å². The molecule has 10 rings (SSSR count). The van der Waals surface area contributed by atoms with Crippen molar-refractivity contribution in [1.82, 2.24) is 0 Å². The van der Waals surface area contributed by atoms with Gasteiger partial charge in [-0.2, -0.15) is 0 Å². The van der Waals surface area contributed by atoms with Crippen LogP contribution in [0.5, 0.6) is 0 Å². The minimum absolute atomic E-state index is 0.311. The third-order valence-electron chi connectivity index (χ3n) is 10.5. The van der Waals surface area contributed by atoms with Gasteiger partial charge in [0, 0.05) is 16.8 Å². The van der Waals surface area contributed by atoms with Gasteiger partial charge in [-0.1, -0.05) is 109 Å². The Balaban J connectivity index is 1.33. The summed E-state index contributed by atoms with van der Waals surface area (Å²) in [6.45, 7) is 0. The molecule has 1 aromatic heterocycles. The smallest absolute Gasteiger partial charge is 0.137 e. The first-order valence-corrected chi connectivity index (χ1v) is 17.1. The van der Waals surface area contributed by atoms with Crippen LogP contribution in [0.15, 0.2) is 180 Å². The van der Waals surface area contributed by atoms with Crippen LogP contribution < -0.4 is 4.90 Å². The molecule has 8 aromatic carbocycles. The monoisotopic (exact) mass is 661 g/mol. The second-order valence-corrected chi connectivity index (χ2v) is 13.1. The number of fused-ring (bicyclic) bond motifs is 8. The molecule has 0 radical (unpaired) electrons. The predicted octanol–water partition coefficient (Wildman–Crippen LogP) is 12.9. The predicted molar refractivity (Wildman–Crippen MR) is 203 cm³/mol. The Morgan fingerprint density at radius 3 is 1.86 bits per heavy atom. The lowest BCUT2D eigenvalue weighted by molar-refractivity contribution is 0.622. The van der Waals surface area contributed by atoms with E-state index in [9.17, 15) is 8.78 Å². The van der Waals surface area contributed by atoms with E-state index in [1.54, 1.807) is 0 Å². The zero-order chi connectivity index (χ0) is 34.1. The van der Waals surface area contributed by atoms with Gasteiger partial charge in [0.1, 0.15) is 22.8 Å². The molecule has 51 heavy (non-hydrogen) atoms. The van der Waals surface area contributed by atoms with E-state index in [1.165, 1.54) is 24.3 Å². The fourth-order valence-electron chi connectivity index (χ4n) is 8.35. The number of anilines is 3. The van der Waals surface area contributed by atoms with Crippen molar-refractivity contribution in [3.8, 4) is 11.1 Å². The van der Waals surface area contributed by atoms with E-state index in [0.29, 0.717) is 0 Å². The van der Waals surface area contributed by atoms with Gasteiger partial charge >= 0.3 is 0 Å². The third kappa shape index (κ3) is 4.33. The van der Waals surface area contributed by atoms with Crippen LogP contribution in [0.1, 0.15) is 22.3 Å². The minimum Gasteiger partial charge on any atom is -0.456 e. The van der Waals surface area contributed by atoms with Crippen molar-refractivity contribution in [3.63, 3.8) is 0 Å². The molecule has 0 unspecified atom stereocenters. The van der Waals surface area contributed by atoms with Crippen LogP contribution in [0.3, 0.4) is 0 Å². The van der Waals surface area contributed by atoms with Gasteiger partial charge in [0.2, 0.25) is 0 Å². The topological polar surface area (TPSA) is 16.4 Å². The number of furan rings is 1. The van der Waals surface area contributed by atoms with Crippen molar-refractivity contribution < 1.29 is 13.2 Å². The maximum atomic E-state index is 14.6. The van der Waals surface area contributed by atoms with Crippen molar-refractivity contribution in [2.24, 2.45) is 0 Å². The van der Waals surface area contributed by atoms with E-state index < -0.39 is 5.41 Å². The summed E-state index contributed by atoms with van der Waals surface area (Å²) in [7, 11) is 0. The average Bonchev–Trinajstić information content (AvgIpc) is 3.70. The van der Waals surface area contributed by atoms with Gasteiger partial charge in [-0.25, -0.2) is 8.78 Å². The summed E-state index contributed by atoms with van der Waals surface area (Å²) in [5.74, 6) is -0.621. The number of rotatable bonds is 5. The molecule has 0 bridgehead atoms. The van der Waals surface area contributed by atoms with Crippen LogP contribution in [-0.2, 0) is 5.41 Å². The zero-order valence-corrected chi connectivity index (χ0v) is 27.4. The molecule has 0 saturated heterocycles. The van der Waals surface area contributed by atoms with E-state index in [4.69, 9.17) is 4.42 Å². The first-order valence-electron chi connectivity index (χ1n) is 17.1. The fourth-order valence-corrected chi connectivity index (χ4v) is 8.35. The molecule has 0 saturated carbocycles. The highest BCUT2D eigenvalue weighted by Gasteiger charge is 2.47. The standard InChI is InChI=1S/C47H29F2NO/c48-33-22-18-31(19-23-33)47(32-20-24-34(49)25-21-32)40-28-17-30-9-4-5-12-37(30)45(40)38-27-26-36(29-41(38)47)50(35-10-2-1-3-11-35)42-14-8-16-44-46(42)39-13-6-7-15-43(39)51-44/h1-29H. The number of hydrogen-bond acceptors (Lipinski definition) is 2. The molecule has 0 aliphatic heterocycles. The maximum Gasteiger partial charge on any atom is 0.137 e. The average molecular weight is 662 g/mol. The molecule has 1 heterocycles. The van der Waals surface area contributed by atoms with Gasteiger partial charge in [0.25, 0.3) is 0 Å². The first-order chi connectivity index (χ1) is 25.1. The summed E-state index contributed by atoms with van der Waals surface area (Å²) in [6, 6.07) is 57.7. The Morgan fingerprint density at radius 2 is 1.12 bits per heavy atom. The van der Waals surface area contributed by atoms with Gasteiger partial charge in [-0.05, 0) is 111 Å². The van der Waals surface area contributed by atoms with Crippen molar-refractivity contribution in [2.75, 3.05) is 4.90 Å². The lowest BCUT2D eigenvalue weighted by Gasteiger charge is -2.35. The molecule has 0 atom stereocenters. The highest BCUT2D eigenvalue weighted by molar-refractivity contribution is 6.13. The summed E-state index contributed by atoms with van der Waals surface area (Å²) in [5, 5.41) is 4.32. The molecule has 4 heteroatoms. The Bertz CT molecular complexity index is 2720. The van der Waals surface area contributed by atoms with Crippen molar-refractivity contribution in [2.45, 2.75) is 5.41 Å². The van der Waals surface area contributed by atoms with Gasteiger partial charge < -0.3 is 9.32 Å². The van der Waals surface area contributed by atoms with E-state index in [2.05, 4.69) is 83.8 Å². The highest BCUT2D eigenvalue weighted by atomic mass is 19.1. The molecule has 242 valence electrons. The Labute approximate surface area is 293 Å². The van der Waals surface area contributed by atoms with E-state index in [-0.39, 0.29) is 11.6 Å². The molecule has 1 aliphatic carbocycles. The van der Waals surface area contributed by atoms with Gasteiger partial charge in [-0.3, -0.25) is 0 Å². The summed E-state index contributed by atoms with van der Waals surface area (Å²) in [5.41, 5.74) is 9.80. The SMILES string of the molecule is Fc1ccc(C2(c3ccc(F)cc3)c3cc(N(c4ccccc4)c4cccc5oc6ccccc6c45)ccc3-c3c2ccc2ccccc32)cc1. The van der Waals surface area contributed by atoms with E-state index in [0.717, 1.165) is 83.2 Å². The summed E-state index contributed by atoms with van der Waals surface area (Å²) in [6.07, 6.45) is 0. The van der Waals surface area contributed by atoms with Gasteiger partial charge in [-0.15, -0.1) is 0 Å². The Hall–Kier alpha value is -6.52.